The first-order valence-corrected chi connectivity index (χ1v) is 9.25. The fourth-order valence-corrected chi connectivity index (χ4v) is 2.89. The van der Waals surface area contributed by atoms with Crippen LogP contribution in [-0.4, -0.2) is 35.0 Å². The maximum Gasteiger partial charge on any atom is 0.407 e. The first-order chi connectivity index (χ1) is 12.7. The molecule has 0 fully saturated rings. The molecule has 2 rings (SSSR count). The van der Waals surface area contributed by atoms with Crippen molar-refractivity contribution in [3.05, 3.63) is 71.8 Å². The second-order valence-electron chi connectivity index (χ2n) is 7.79. The van der Waals surface area contributed by atoms with Gasteiger partial charge in [0.25, 0.3) is 0 Å². The van der Waals surface area contributed by atoms with Crippen molar-refractivity contribution in [3.8, 4) is 0 Å². The Kier molecular flexibility index (Phi) is 7.39. The monoisotopic (exact) mass is 370 g/mol. The van der Waals surface area contributed by atoms with E-state index in [0.717, 1.165) is 11.1 Å². The predicted octanol–water partition coefficient (Wildman–Crippen LogP) is 3.05. The van der Waals surface area contributed by atoms with Crippen molar-refractivity contribution in [1.82, 2.24) is 5.32 Å². The van der Waals surface area contributed by atoms with Crippen LogP contribution >= 0.6 is 0 Å². The van der Waals surface area contributed by atoms with Crippen molar-refractivity contribution in [2.45, 2.75) is 57.4 Å². The minimum Gasteiger partial charge on any atom is -0.444 e. The van der Waals surface area contributed by atoms with E-state index >= 15 is 0 Å². The molecule has 0 aliphatic rings. The number of rotatable bonds is 7. The van der Waals surface area contributed by atoms with Crippen LogP contribution in [0.5, 0.6) is 0 Å². The van der Waals surface area contributed by atoms with Gasteiger partial charge in [0.1, 0.15) is 5.60 Å². The summed E-state index contributed by atoms with van der Waals surface area (Å²) in [7, 11) is 0. The van der Waals surface area contributed by atoms with E-state index in [1.54, 1.807) is 20.8 Å². The Hall–Kier alpha value is -2.37. The predicted molar refractivity (Wildman–Crippen MR) is 107 cm³/mol. The van der Waals surface area contributed by atoms with Gasteiger partial charge in [-0.15, -0.1) is 0 Å². The summed E-state index contributed by atoms with van der Waals surface area (Å²) < 4.78 is 5.35. The largest absolute Gasteiger partial charge is 0.444 e. The molecule has 0 aliphatic carbocycles. The number of carbonyl (C=O) groups is 1. The van der Waals surface area contributed by atoms with Gasteiger partial charge in [-0.3, -0.25) is 0 Å². The standard InChI is InChI=1S/C22H30N2O3/c1-22(2,3)27-21(26)24-19(15-17-12-8-5-9-13-17)20(25)18(23)14-16-10-6-4-7-11-16/h4-13,18-20,25H,14-15,23H2,1-3H3,(H,24,26). The van der Waals surface area contributed by atoms with Crippen LogP contribution in [0.3, 0.4) is 0 Å². The van der Waals surface area contributed by atoms with Crippen molar-refractivity contribution >= 4 is 6.09 Å². The summed E-state index contributed by atoms with van der Waals surface area (Å²) >= 11 is 0. The van der Waals surface area contributed by atoms with E-state index in [0.29, 0.717) is 12.8 Å². The van der Waals surface area contributed by atoms with Crippen molar-refractivity contribution in [2.24, 2.45) is 5.73 Å². The Morgan fingerprint density at radius 2 is 1.48 bits per heavy atom. The lowest BCUT2D eigenvalue weighted by Gasteiger charge is -2.30. The number of nitrogens with two attached hydrogens (primary N) is 1. The fourth-order valence-electron chi connectivity index (χ4n) is 2.89. The van der Waals surface area contributed by atoms with E-state index in [9.17, 15) is 9.90 Å². The molecule has 0 saturated heterocycles. The highest BCUT2D eigenvalue weighted by Crippen LogP contribution is 2.13. The normalized spacial score (nSPS) is 14.9. The van der Waals surface area contributed by atoms with E-state index in [4.69, 9.17) is 10.5 Å². The maximum absolute atomic E-state index is 12.3. The number of hydrogen-bond acceptors (Lipinski definition) is 4. The van der Waals surface area contributed by atoms with Gasteiger partial charge in [-0.05, 0) is 44.7 Å². The van der Waals surface area contributed by atoms with Gasteiger partial charge in [0.2, 0.25) is 0 Å². The van der Waals surface area contributed by atoms with Gasteiger partial charge in [-0.25, -0.2) is 4.79 Å². The summed E-state index contributed by atoms with van der Waals surface area (Å²) in [6.45, 7) is 5.41. The summed E-state index contributed by atoms with van der Waals surface area (Å²) in [6, 6.07) is 18.4. The van der Waals surface area contributed by atoms with Crippen molar-refractivity contribution in [3.63, 3.8) is 0 Å². The zero-order valence-corrected chi connectivity index (χ0v) is 16.3. The highest BCUT2D eigenvalue weighted by atomic mass is 16.6. The number of alkyl carbamates (subject to hydrolysis) is 1. The van der Waals surface area contributed by atoms with Crippen LogP contribution in [-0.2, 0) is 17.6 Å². The molecule has 2 aromatic carbocycles. The van der Waals surface area contributed by atoms with Crippen LogP contribution in [0.2, 0.25) is 0 Å². The lowest BCUT2D eigenvalue weighted by Crippen LogP contribution is -2.53. The zero-order chi connectivity index (χ0) is 19.9. The number of carbonyl (C=O) groups excluding carboxylic acids is 1. The Morgan fingerprint density at radius 3 is 1.96 bits per heavy atom. The average molecular weight is 370 g/mol. The first-order valence-electron chi connectivity index (χ1n) is 9.25. The van der Waals surface area contributed by atoms with Crippen molar-refractivity contribution < 1.29 is 14.6 Å². The molecule has 3 atom stereocenters. The number of benzene rings is 2. The van der Waals surface area contributed by atoms with E-state index in [1.807, 2.05) is 60.7 Å². The molecule has 146 valence electrons. The van der Waals surface area contributed by atoms with Gasteiger partial charge in [0.05, 0.1) is 12.1 Å². The number of ether oxygens (including phenoxy) is 1. The number of amides is 1. The van der Waals surface area contributed by atoms with Gasteiger partial charge in [-0.2, -0.15) is 0 Å². The third kappa shape index (κ3) is 7.41. The Labute approximate surface area is 161 Å². The summed E-state index contributed by atoms with van der Waals surface area (Å²) in [4.78, 5) is 12.3. The second-order valence-corrected chi connectivity index (χ2v) is 7.79. The highest BCUT2D eigenvalue weighted by molar-refractivity contribution is 5.68. The molecule has 0 aliphatic heterocycles. The number of aliphatic hydroxyl groups is 1. The first kappa shape index (κ1) is 20.9. The topological polar surface area (TPSA) is 84.6 Å². The van der Waals surface area contributed by atoms with Crippen molar-refractivity contribution in [2.75, 3.05) is 0 Å². The van der Waals surface area contributed by atoms with Gasteiger partial charge >= 0.3 is 6.09 Å². The highest BCUT2D eigenvalue weighted by Gasteiger charge is 2.29. The smallest absolute Gasteiger partial charge is 0.407 e. The Morgan fingerprint density at radius 1 is 1.00 bits per heavy atom. The molecule has 5 nitrogen and oxygen atoms in total. The van der Waals surface area contributed by atoms with E-state index in [-0.39, 0.29) is 0 Å². The van der Waals surface area contributed by atoms with E-state index in [1.165, 1.54) is 0 Å². The van der Waals surface area contributed by atoms with Crippen LogP contribution in [0.1, 0.15) is 31.9 Å². The number of aliphatic hydroxyl groups excluding tert-OH is 1. The third-order valence-electron chi connectivity index (χ3n) is 4.17. The summed E-state index contributed by atoms with van der Waals surface area (Å²) in [5.41, 5.74) is 7.70. The van der Waals surface area contributed by atoms with Crippen LogP contribution in [0, 0.1) is 0 Å². The molecule has 4 N–H and O–H groups in total. The molecule has 0 heterocycles. The Balaban J connectivity index is 2.10. The second kappa shape index (κ2) is 9.53. The fraction of sp³-hybridized carbons (Fsp3) is 0.409. The summed E-state index contributed by atoms with van der Waals surface area (Å²) in [6.07, 6.45) is -0.500. The molecule has 0 radical (unpaired) electrons. The Bertz CT molecular complexity index is 699. The number of nitrogens with one attached hydrogen (secondary N) is 1. The van der Waals surface area contributed by atoms with Crippen LogP contribution in [0.15, 0.2) is 60.7 Å². The summed E-state index contributed by atoms with van der Waals surface area (Å²) in [5.74, 6) is 0. The average Bonchev–Trinajstić information content (AvgIpc) is 2.60. The van der Waals surface area contributed by atoms with Crippen LogP contribution < -0.4 is 11.1 Å². The summed E-state index contributed by atoms with van der Waals surface area (Å²) in [5, 5.41) is 13.6. The molecule has 0 saturated carbocycles. The minimum atomic E-state index is -0.919. The molecule has 5 heteroatoms. The van der Waals surface area contributed by atoms with Gasteiger partial charge in [0.15, 0.2) is 0 Å². The molecule has 2 aromatic rings. The minimum absolute atomic E-state index is 0.462. The molecular formula is C22H30N2O3. The molecule has 3 unspecified atom stereocenters. The van der Waals surface area contributed by atoms with E-state index < -0.39 is 29.9 Å². The molecular weight excluding hydrogens is 340 g/mol. The van der Waals surface area contributed by atoms with Gasteiger partial charge in [-0.1, -0.05) is 60.7 Å². The van der Waals surface area contributed by atoms with Gasteiger partial charge < -0.3 is 20.9 Å². The quantitative estimate of drug-likeness (QED) is 0.699. The molecule has 0 spiro atoms. The van der Waals surface area contributed by atoms with Crippen LogP contribution in [0.25, 0.3) is 0 Å². The van der Waals surface area contributed by atoms with E-state index in [2.05, 4.69) is 5.32 Å². The zero-order valence-electron chi connectivity index (χ0n) is 16.3. The third-order valence-corrected chi connectivity index (χ3v) is 4.17. The molecule has 1 amide bonds. The molecule has 0 bridgehead atoms. The SMILES string of the molecule is CC(C)(C)OC(=O)NC(Cc1ccccc1)C(O)C(N)Cc1ccccc1. The lowest BCUT2D eigenvalue weighted by molar-refractivity contribution is 0.0392. The van der Waals surface area contributed by atoms with Gasteiger partial charge in [0, 0.05) is 6.04 Å². The lowest BCUT2D eigenvalue weighted by atomic mass is 9.93. The molecule has 27 heavy (non-hydrogen) atoms. The maximum atomic E-state index is 12.3. The number of hydrogen-bond donors (Lipinski definition) is 3. The molecule has 0 aromatic heterocycles. The van der Waals surface area contributed by atoms with Crippen LogP contribution in [0.4, 0.5) is 4.79 Å². The van der Waals surface area contributed by atoms with Crippen molar-refractivity contribution in [1.29, 1.82) is 0 Å².